The third kappa shape index (κ3) is 1.81. The average molecular weight is 269 g/mol. The Kier molecular flexibility index (Phi) is 2.53. The Labute approximate surface area is 111 Å². The zero-order valence-corrected chi connectivity index (χ0v) is 10.0. The van der Waals surface area contributed by atoms with Gasteiger partial charge in [-0.1, -0.05) is 18.2 Å². The molecule has 0 fully saturated rings. The zero-order valence-electron chi connectivity index (χ0n) is 10.0. The van der Waals surface area contributed by atoms with Crippen LogP contribution in [0.2, 0.25) is 0 Å². The summed E-state index contributed by atoms with van der Waals surface area (Å²) in [5, 5.41) is 23.1. The normalized spacial score (nSPS) is 10.8. The maximum atomic E-state index is 11.1. The Hall–Kier alpha value is -3.09. The van der Waals surface area contributed by atoms with Crippen molar-refractivity contribution in [1.29, 1.82) is 0 Å². The van der Waals surface area contributed by atoms with Crippen molar-refractivity contribution >= 4 is 33.2 Å². The number of hydrogen-bond acceptors (Lipinski definition) is 5. The molecule has 0 aliphatic carbocycles. The Bertz CT molecular complexity index is 876. The molecule has 20 heavy (non-hydrogen) atoms. The minimum absolute atomic E-state index is 0.152. The van der Waals surface area contributed by atoms with Crippen LogP contribution >= 0.6 is 0 Å². The van der Waals surface area contributed by atoms with E-state index < -0.39 is 9.85 Å². The molecule has 0 unspecified atom stereocenters. The minimum atomic E-state index is -0.656. The number of benzene rings is 2. The number of non-ortho nitro benzene ring substituents is 2. The monoisotopic (exact) mass is 269 g/mol. The first kappa shape index (κ1) is 12.0. The topological polar surface area (TPSA) is 99.2 Å². The Morgan fingerprint density at radius 3 is 2.35 bits per heavy atom. The minimum Gasteiger partial charge on any atom is -0.258 e. The van der Waals surface area contributed by atoms with E-state index in [0.29, 0.717) is 10.9 Å². The molecular formula is C13H7N3O4. The Morgan fingerprint density at radius 2 is 1.65 bits per heavy atom. The third-order valence-corrected chi connectivity index (χ3v) is 2.99. The number of fused-ring (bicyclic) bond motifs is 2. The van der Waals surface area contributed by atoms with Gasteiger partial charge in [0.2, 0.25) is 0 Å². The second kappa shape index (κ2) is 4.23. The summed E-state index contributed by atoms with van der Waals surface area (Å²) in [5.41, 5.74) is 0.0810. The molecule has 3 rings (SSSR count). The van der Waals surface area contributed by atoms with Crippen molar-refractivity contribution in [3.05, 3.63) is 62.7 Å². The molecule has 98 valence electrons. The Morgan fingerprint density at radius 1 is 0.900 bits per heavy atom. The lowest BCUT2D eigenvalue weighted by atomic mass is 10.1. The summed E-state index contributed by atoms with van der Waals surface area (Å²) < 4.78 is 0. The molecule has 3 aromatic rings. The largest absolute Gasteiger partial charge is 0.302 e. The van der Waals surface area contributed by atoms with Gasteiger partial charge in [0.1, 0.15) is 5.52 Å². The van der Waals surface area contributed by atoms with Gasteiger partial charge in [-0.3, -0.25) is 20.2 Å². The molecule has 0 spiro atoms. The lowest BCUT2D eigenvalue weighted by Gasteiger charge is -2.02. The highest BCUT2D eigenvalue weighted by molar-refractivity contribution is 5.98. The zero-order chi connectivity index (χ0) is 14.3. The van der Waals surface area contributed by atoms with E-state index in [9.17, 15) is 20.2 Å². The van der Waals surface area contributed by atoms with Crippen LogP contribution in [-0.4, -0.2) is 14.8 Å². The first-order valence-electron chi connectivity index (χ1n) is 5.68. The third-order valence-electron chi connectivity index (χ3n) is 2.99. The predicted molar refractivity (Wildman–Crippen MR) is 72.6 cm³/mol. The molecule has 1 aromatic heterocycles. The van der Waals surface area contributed by atoms with Gasteiger partial charge < -0.3 is 0 Å². The van der Waals surface area contributed by atoms with Crippen LogP contribution in [-0.2, 0) is 0 Å². The van der Waals surface area contributed by atoms with Crippen molar-refractivity contribution in [2.45, 2.75) is 0 Å². The van der Waals surface area contributed by atoms with Gasteiger partial charge in [-0.25, -0.2) is 4.98 Å². The van der Waals surface area contributed by atoms with Gasteiger partial charge >= 0.3 is 5.69 Å². The average Bonchev–Trinajstić information content (AvgIpc) is 2.43. The number of hydrogen-bond donors (Lipinski definition) is 0. The van der Waals surface area contributed by atoms with E-state index in [1.54, 1.807) is 24.3 Å². The van der Waals surface area contributed by atoms with Gasteiger partial charge in [0.05, 0.1) is 21.4 Å². The van der Waals surface area contributed by atoms with Crippen molar-refractivity contribution in [3.8, 4) is 0 Å². The van der Waals surface area contributed by atoms with Gasteiger partial charge in [-0.15, -0.1) is 0 Å². The fourth-order valence-corrected chi connectivity index (χ4v) is 2.10. The smallest absolute Gasteiger partial charge is 0.258 e. The first-order valence-corrected chi connectivity index (χ1v) is 5.68. The summed E-state index contributed by atoms with van der Waals surface area (Å²) in [6.45, 7) is 0. The highest BCUT2D eigenvalue weighted by Crippen LogP contribution is 2.31. The van der Waals surface area contributed by atoms with E-state index in [0.717, 1.165) is 11.5 Å². The molecule has 2 aromatic carbocycles. The summed E-state index contributed by atoms with van der Waals surface area (Å²) >= 11 is 0. The van der Waals surface area contributed by atoms with E-state index in [2.05, 4.69) is 4.98 Å². The molecule has 7 heteroatoms. The molecule has 7 nitrogen and oxygen atoms in total. The number of rotatable bonds is 2. The predicted octanol–water partition coefficient (Wildman–Crippen LogP) is 3.20. The fourth-order valence-electron chi connectivity index (χ4n) is 2.10. The molecular weight excluding hydrogens is 262 g/mol. The maximum Gasteiger partial charge on any atom is 0.302 e. The summed E-state index contributed by atoms with van der Waals surface area (Å²) in [6, 6.07) is 11.0. The van der Waals surface area contributed by atoms with Crippen LogP contribution in [0.25, 0.3) is 21.8 Å². The maximum absolute atomic E-state index is 11.1. The number of aromatic nitrogens is 1. The molecule has 0 aliphatic rings. The number of pyridine rings is 1. The second-order valence-electron chi connectivity index (χ2n) is 4.23. The molecule has 0 amide bonds. The molecule has 0 aliphatic heterocycles. The quantitative estimate of drug-likeness (QED) is 0.404. The van der Waals surface area contributed by atoms with Crippen LogP contribution in [0.4, 0.5) is 11.4 Å². The van der Waals surface area contributed by atoms with Gasteiger partial charge in [0.15, 0.2) is 0 Å². The molecule has 0 atom stereocenters. The number of para-hydroxylation sites is 1. The summed E-state index contributed by atoms with van der Waals surface area (Å²) in [5.74, 6) is 0. The number of nitro benzene ring substituents is 2. The molecule has 0 radical (unpaired) electrons. The summed E-state index contributed by atoms with van der Waals surface area (Å²) in [6.07, 6.45) is 0. The first-order chi connectivity index (χ1) is 9.56. The fraction of sp³-hybridized carbons (Fsp3) is 0. The standard InChI is InChI=1S/C13H7N3O4/c17-15(18)10-6-9-5-8-3-1-2-4-11(8)14-13(9)12(7-10)16(19)20/h1-7H. The molecule has 0 N–H and O–H groups in total. The lowest BCUT2D eigenvalue weighted by molar-refractivity contribution is -0.393. The number of nitro groups is 2. The van der Waals surface area contributed by atoms with Crippen LogP contribution in [0.5, 0.6) is 0 Å². The van der Waals surface area contributed by atoms with Crippen molar-refractivity contribution in [2.75, 3.05) is 0 Å². The van der Waals surface area contributed by atoms with Gasteiger partial charge in [-0.2, -0.15) is 0 Å². The van der Waals surface area contributed by atoms with Crippen LogP contribution in [0.3, 0.4) is 0 Å². The highest BCUT2D eigenvalue weighted by Gasteiger charge is 2.20. The van der Waals surface area contributed by atoms with Crippen molar-refractivity contribution in [2.24, 2.45) is 0 Å². The van der Waals surface area contributed by atoms with Crippen molar-refractivity contribution in [3.63, 3.8) is 0 Å². The van der Waals surface area contributed by atoms with Crippen molar-refractivity contribution < 1.29 is 9.85 Å². The van der Waals surface area contributed by atoms with E-state index in [1.165, 1.54) is 6.07 Å². The van der Waals surface area contributed by atoms with E-state index in [-0.39, 0.29) is 16.9 Å². The van der Waals surface area contributed by atoms with Crippen LogP contribution < -0.4 is 0 Å². The lowest BCUT2D eigenvalue weighted by Crippen LogP contribution is -1.95. The van der Waals surface area contributed by atoms with Gasteiger partial charge in [0, 0.05) is 16.8 Å². The molecule has 1 heterocycles. The van der Waals surface area contributed by atoms with Gasteiger partial charge in [0.25, 0.3) is 5.69 Å². The SMILES string of the molecule is O=[N+]([O-])c1cc([N+](=O)[O-])c2nc3ccccc3cc2c1. The molecule has 0 saturated carbocycles. The van der Waals surface area contributed by atoms with Crippen molar-refractivity contribution in [1.82, 2.24) is 4.98 Å². The second-order valence-corrected chi connectivity index (χ2v) is 4.23. The molecule has 0 bridgehead atoms. The Balaban J connectivity index is 2.46. The van der Waals surface area contributed by atoms with E-state index in [4.69, 9.17) is 0 Å². The van der Waals surface area contributed by atoms with Crippen LogP contribution in [0.15, 0.2) is 42.5 Å². The summed E-state index contributed by atoms with van der Waals surface area (Å²) in [7, 11) is 0. The van der Waals surface area contributed by atoms with E-state index >= 15 is 0 Å². The van der Waals surface area contributed by atoms with E-state index in [1.807, 2.05) is 6.07 Å². The highest BCUT2D eigenvalue weighted by atomic mass is 16.6. The van der Waals surface area contributed by atoms with Crippen LogP contribution in [0.1, 0.15) is 0 Å². The molecule has 0 saturated heterocycles. The summed E-state index contributed by atoms with van der Waals surface area (Å²) in [4.78, 5) is 24.8. The van der Waals surface area contributed by atoms with Crippen LogP contribution in [0, 0.1) is 20.2 Å². The number of nitrogens with zero attached hydrogens (tertiary/aromatic N) is 3. The van der Waals surface area contributed by atoms with Gasteiger partial charge in [-0.05, 0) is 12.1 Å².